The topological polar surface area (TPSA) is 62.8 Å². The first-order chi connectivity index (χ1) is 16.6. The number of anilines is 1. The van der Waals surface area contributed by atoms with Crippen molar-refractivity contribution >= 4 is 11.7 Å². The van der Waals surface area contributed by atoms with Gasteiger partial charge in [-0.1, -0.05) is 6.07 Å². The summed E-state index contributed by atoms with van der Waals surface area (Å²) in [5, 5.41) is 4.41. The highest BCUT2D eigenvalue weighted by Gasteiger charge is 2.50. The molecule has 1 aliphatic carbocycles. The summed E-state index contributed by atoms with van der Waals surface area (Å²) in [6.07, 6.45) is 2.71. The second-order valence-corrected chi connectivity index (χ2v) is 8.99. The molecule has 2 fully saturated rings. The second-order valence-electron chi connectivity index (χ2n) is 8.99. The number of nitrogens with zero attached hydrogens (tertiary/aromatic N) is 1. The molecular formula is C24H26F5N3O3. The molecule has 0 bridgehead atoms. The van der Waals surface area contributed by atoms with Crippen LogP contribution in [-0.4, -0.2) is 50.8 Å². The minimum absolute atomic E-state index is 0.0498. The van der Waals surface area contributed by atoms with Gasteiger partial charge >= 0.3 is 6.03 Å². The highest BCUT2D eigenvalue weighted by Crippen LogP contribution is 2.49. The third-order valence-corrected chi connectivity index (χ3v) is 7.27. The second kappa shape index (κ2) is 9.52. The zero-order chi connectivity index (χ0) is 25.5. The van der Waals surface area contributed by atoms with E-state index in [0.29, 0.717) is 30.8 Å². The zero-order valence-electron chi connectivity index (χ0n) is 19.5. The van der Waals surface area contributed by atoms with E-state index < -0.39 is 40.8 Å². The number of likely N-dealkylation sites (N-methyl/N-ethyl adjacent to an activating group) is 1. The van der Waals surface area contributed by atoms with Gasteiger partial charge in [0, 0.05) is 17.5 Å². The van der Waals surface area contributed by atoms with Crippen LogP contribution in [0.15, 0.2) is 18.2 Å². The number of urea groups is 1. The fourth-order valence-corrected chi connectivity index (χ4v) is 5.44. The summed E-state index contributed by atoms with van der Waals surface area (Å²) in [4.78, 5) is 14.6. The van der Waals surface area contributed by atoms with Gasteiger partial charge in [0.1, 0.15) is 5.69 Å². The Bertz CT molecular complexity index is 1120. The maximum absolute atomic E-state index is 13.9. The molecule has 190 valence electrons. The van der Waals surface area contributed by atoms with Crippen molar-refractivity contribution in [3.63, 3.8) is 0 Å². The SMILES string of the molecule is COc1ccc([C@@]23CC[C@@H](NC(=O)Nc4c(F)c(F)c(F)c(F)c4F)C[C@@H]2N(C)CC3)cc1OC. The van der Waals surface area contributed by atoms with Crippen LogP contribution in [0.25, 0.3) is 0 Å². The lowest BCUT2D eigenvalue weighted by molar-refractivity contribution is 0.156. The molecule has 2 aromatic carbocycles. The summed E-state index contributed by atoms with van der Waals surface area (Å²) in [6.45, 7) is 0.836. The number of hydrogen-bond acceptors (Lipinski definition) is 4. The fraction of sp³-hybridized carbons (Fsp3) is 0.458. The molecule has 0 aromatic heterocycles. The van der Waals surface area contributed by atoms with Crippen molar-refractivity contribution in [2.45, 2.75) is 43.2 Å². The number of hydrogen-bond donors (Lipinski definition) is 2. The molecule has 1 aliphatic heterocycles. The van der Waals surface area contributed by atoms with Gasteiger partial charge in [0.15, 0.2) is 34.8 Å². The Morgan fingerprint density at radius 2 is 1.60 bits per heavy atom. The minimum atomic E-state index is -2.28. The molecule has 2 amide bonds. The zero-order valence-corrected chi connectivity index (χ0v) is 19.5. The average Bonchev–Trinajstić information content (AvgIpc) is 3.20. The summed E-state index contributed by atoms with van der Waals surface area (Å²) < 4.78 is 78.8. The largest absolute Gasteiger partial charge is 0.493 e. The molecule has 2 N–H and O–H groups in total. The predicted molar refractivity (Wildman–Crippen MR) is 118 cm³/mol. The quantitative estimate of drug-likeness (QED) is 0.355. The maximum Gasteiger partial charge on any atom is 0.319 e. The normalized spacial score (nSPS) is 24.1. The summed E-state index contributed by atoms with van der Waals surface area (Å²) in [5.74, 6) is -9.47. The number of rotatable bonds is 5. The van der Waals surface area contributed by atoms with E-state index >= 15 is 0 Å². The molecule has 0 radical (unpaired) electrons. The fourth-order valence-electron chi connectivity index (χ4n) is 5.44. The van der Waals surface area contributed by atoms with Crippen LogP contribution < -0.4 is 20.1 Å². The van der Waals surface area contributed by atoms with Gasteiger partial charge < -0.3 is 25.0 Å². The lowest BCUT2D eigenvalue weighted by Gasteiger charge is -2.45. The molecular weight excluding hydrogens is 473 g/mol. The van der Waals surface area contributed by atoms with Gasteiger partial charge in [0.05, 0.1) is 14.2 Å². The molecule has 0 unspecified atom stereocenters. The van der Waals surface area contributed by atoms with E-state index in [1.54, 1.807) is 19.5 Å². The van der Waals surface area contributed by atoms with Crippen molar-refractivity contribution in [1.29, 1.82) is 0 Å². The van der Waals surface area contributed by atoms with Crippen LogP contribution in [0.2, 0.25) is 0 Å². The van der Waals surface area contributed by atoms with Crippen molar-refractivity contribution in [3.8, 4) is 11.5 Å². The van der Waals surface area contributed by atoms with E-state index in [9.17, 15) is 26.7 Å². The maximum atomic E-state index is 13.9. The molecule has 1 saturated heterocycles. The van der Waals surface area contributed by atoms with Crippen LogP contribution in [0.5, 0.6) is 11.5 Å². The Morgan fingerprint density at radius 1 is 0.971 bits per heavy atom. The minimum Gasteiger partial charge on any atom is -0.493 e. The van der Waals surface area contributed by atoms with Gasteiger partial charge in [-0.2, -0.15) is 0 Å². The Kier molecular flexibility index (Phi) is 6.81. The predicted octanol–water partition coefficient (Wildman–Crippen LogP) is 4.72. The molecule has 11 heteroatoms. The lowest BCUT2D eigenvalue weighted by Crippen LogP contribution is -2.52. The van der Waals surface area contributed by atoms with Crippen molar-refractivity contribution in [3.05, 3.63) is 52.8 Å². The van der Waals surface area contributed by atoms with E-state index in [4.69, 9.17) is 9.47 Å². The number of amides is 2. The summed E-state index contributed by atoms with van der Waals surface area (Å²) in [7, 11) is 5.13. The van der Waals surface area contributed by atoms with Crippen molar-refractivity contribution in [2.75, 3.05) is 33.1 Å². The van der Waals surface area contributed by atoms with Crippen LogP contribution in [0.3, 0.4) is 0 Å². The first-order valence-corrected chi connectivity index (χ1v) is 11.1. The van der Waals surface area contributed by atoms with Crippen LogP contribution in [0.4, 0.5) is 32.4 Å². The Morgan fingerprint density at radius 3 is 2.23 bits per heavy atom. The number of fused-ring (bicyclic) bond motifs is 1. The van der Waals surface area contributed by atoms with E-state index in [2.05, 4.69) is 10.2 Å². The molecule has 6 nitrogen and oxygen atoms in total. The number of likely N-dealkylation sites (tertiary alicyclic amines) is 1. The monoisotopic (exact) mass is 499 g/mol. The van der Waals surface area contributed by atoms with E-state index in [-0.39, 0.29) is 17.5 Å². The third kappa shape index (κ3) is 4.26. The number of ether oxygens (including phenoxy) is 2. The highest BCUT2D eigenvalue weighted by atomic mass is 19.2. The number of carbonyl (C=O) groups excluding carboxylic acids is 1. The molecule has 0 spiro atoms. The Hall–Kier alpha value is -3.08. The molecule has 4 rings (SSSR count). The first-order valence-electron chi connectivity index (χ1n) is 11.1. The van der Waals surface area contributed by atoms with Gasteiger partial charge in [-0.25, -0.2) is 26.7 Å². The smallest absolute Gasteiger partial charge is 0.319 e. The molecule has 1 heterocycles. The van der Waals surface area contributed by atoms with Crippen molar-refractivity contribution < 1.29 is 36.2 Å². The first kappa shape index (κ1) is 25.0. The molecule has 2 aliphatic rings. The van der Waals surface area contributed by atoms with Gasteiger partial charge in [-0.05, 0) is 57.0 Å². The lowest BCUT2D eigenvalue weighted by atomic mass is 9.65. The number of nitrogens with one attached hydrogen (secondary N) is 2. The number of carbonyl (C=O) groups is 1. The van der Waals surface area contributed by atoms with Gasteiger partial charge in [0.2, 0.25) is 5.82 Å². The number of methoxy groups -OCH3 is 2. The third-order valence-electron chi connectivity index (χ3n) is 7.27. The summed E-state index contributed by atoms with van der Waals surface area (Å²) in [6, 6.07) is 4.48. The number of halogens is 5. The van der Waals surface area contributed by atoms with E-state index in [1.165, 1.54) is 0 Å². The highest BCUT2D eigenvalue weighted by molar-refractivity contribution is 5.89. The standard InChI is InChI=1S/C24H26F5N3O3/c1-32-9-8-24(12-4-5-14(34-2)15(10-12)35-3)7-6-13(11-16(24)32)30-23(33)31-22-20(28)18(26)17(25)19(27)21(22)29/h4-5,10,13,16H,6-9,11H2,1-3H3,(H2,30,31,33)/t13-,16+,24+/m1/s1. The van der Waals surface area contributed by atoms with Crippen molar-refractivity contribution in [2.24, 2.45) is 0 Å². The summed E-state index contributed by atoms with van der Waals surface area (Å²) in [5.41, 5.74) is -0.481. The Labute approximate surface area is 199 Å². The average molecular weight is 499 g/mol. The number of benzene rings is 2. The van der Waals surface area contributed by atoms with Gasteiger partial charge in [-0.3, -0.25) is 0 Å². The molecule has 3 atom stereocenters. The Balaban J connectivity index is 1.51. The molecule has 35 heavy (non-hydrogen) atoms. The summed E-state index contributed by atoms with van der Waals surface area (Å²) >= 11 is 0. The van der Waals surface area contributed by atoms with Gasteiger partial charge in [-0.15, -0.1) is 0 Å². The molecule has 1 saturated carbocycles. The van der Waals surface area contributed by atoms with Crippen LogP contribution in [0.1, 0.15) is 31.2 Å². The van der Waals surface area contributed by atoms with Crippen LogP contribution in [-0.2, 0) is 5.41 Å². The van der Waals surface area contributed by atoms with Crippen molar-refractivity contribution in [1.82, 2.24) is 10.2 Å². The van der Waals surface area contributed by atoms with Crippen LogP contribution in [0, 0.1) is 29.1 Å². The van der Waals surface area contributed by atoms with Gasteiger partial charge in [0.25, 0.3) is 0 Å². The van der Waals surface area contributed by atoms with E-state index in [1.807, 2.05) is 25.2 Å². The van der Waals surface area contributed by atoms with E-state index in [0.717, 1.165) is 18.5 Å². The molecule has 2 aromatic rings. The van der Waals surface area contributed by atoms with Crippen LogP contribution >= 0.6 is 0 Å².